The van der Waals surface area contributed by atoms with Crippen molar-refractivity contribution in [1.82, 2.24) is 9.97 Å². The smallest absolute Gasteiger partial charge is 0.338 e. The second-order valence-corrected chi connectivity index (χ2v) is 9.37. The van der Waals surface area contributed by atoms with Crippen LogP contribution in [0.1, 0.15) is 38.3 Å². The molecule has 224 valence electrons. The number of nitrogens with one attached hydrogen (secondary N) is 1. The fraction of sp³-hybridized carbons (Fsp3) is 0.267. The van der Waals surface area contributed by atoms with Gasteiger partial charge in [0, 0.05) is 29.7 Å². The largest absolute Gasteiger partial charge is 0.497 e. The van der Waals surface area contributed by atoms with Crippen LogP contribution in [0.25, 0.3) is 22.3 Å². The normalized spacial score (nSPS) is 10.7. The fourth-order valence-electron chi connectivity index (χ4n) is 4.48. The van der Waals surface area contributed by atoms with Crippen molar-refractivity contribution in [3.63, 3.8) is 0 Å². The Hall–Kier alpha value is -5.46. The summed E-state index contributed by atoms with van der Waals surface area (Å²) in [6.45, 7) is 3.33. The summed E-state index contributed by atoms with van der Waals surface area (Å²) in [5, 5.41) is 9.60. The van der Waals surface area contributed by atoms with E-state index >= 15 is 0 Å². The Balaban J connectivity index is 1.40. The van der Waals surface area contributed by atoms with Crippen molar-refractivity contribution < 1.29 is 38.5 Å². The van der Waals surface area contributed by atoms with Gasteiger partial charge in [-0.1, -0.05) is 12.1 Å². The number of methoxy groups -OCH3 is 2. The van der Waals surface area contributed by atoms with Gasteiger partial charge in [0.15, 0.2) is 5.78 Å². The van der Waals surface area contributed by atoms with Crippen molar-refractivity contribution in [2.45, 2.75) is 20.3 Å². The van der Waals surface area contributed by atoms with E-state index in [0.29, 0.717) is 39.5 Å². The molecule has 13 heteroatoms. The van der Waals surface area contributed by atoms with E-state index in [2.05, 4.69) is 14.8 Å². The van der Waals surface area contributed by atoms with Crippen LogP contribution in [0.15, 0.2) is 53.3 Å². The molecule has 0 saturated carbocycles. The molecule has 0 amide bonds. The Morgan fingerprint density at radius 1 is 0.953 bits per heavy atom. The zero-order chi connectivity index (χ0) is 31.1. The molecule has 1 N–H and O–H groups in total. The molecule has 0 aliphatic rings. The Bertz CT molecular complexity index is 1730. The first-order chi connectivity index (χ1) is 20.6. The second-order valence-electron chi connectivity index (χ2n) is 9.37. The number of ketones is 1. The number of carbonyl (C=O) groups excluding carboxylic acids is 2. The van der Waals surface area contributed by atoms with Gasteiger partial charge in [-0.2, -0.15) is 0 Å². The zero-order valence-electron chi connectivity index (χ0n) is 23.9. The van der Waals surface area contributed by atoms with Gasteiger partial charge in [-0.3, -0.25) is 9.59 Å². The minimum Gasteiger partial charge on any atom is -0.497 e. The molecule has 0 unspecified atom stereocenters. The predicted octanol–water partition coefficient (Wildman–Crippen LogP) is 4.24. The summed E-state index contributed by atoms with van der Waals surface area (Å²) in [6.07, 6.45) is -0.207. The van der Waals surface area contributed by atoms with Crippen LogP contribution >= 0.6 is 0 Å². The summed E-state index contributed by atoms with van der Waals surface area (Å²) < 4.78 is 21.9. The minimum atomic E-state index is -0.972. The number of fused-ring (bicyclic) bond motifs is 1. The van der Waals surface area contributed by atoms with Crippen LogP contribution in [-0.4, -0.2) is 60.8 Å². The van der Waals surface area contributed by atoms with Gasteiger partial charge in [-0.05, 0) is 49.2 Å². The van der Waals surface area contributed by atoms with E-state index in [4.69, 9.17) is 18.9 Å². The highest BCUT2D eigenvalue weighted by atomic mass is 16.9. The molecule has 0 radical (unpaired) electrons. The minimum absolute atomic E-state index is 0.0580. The van der Waals surface area contributed by atoms with Gasteiger partial charge in [-0.25, -0.2) is 9.78 Å². The van der Waals surface area contributed by atoms with Crippen molar-refractivity contribution in [2.24, 2.45) is 0 Å². The number of aryl methyl sites for hydroxylation is 2. The topological polar surface area (TPSA) is 169 Å². The summed E-state index contributed by atoms with van der Waals surface area (Å²) in [6, 6.07) is 12.8. The standard InChI is InChI=1S/C30H29N3O10/c1-17-12-21(28-31-23-15-22(39-3)16-25(40-4)26(23)29(35)32-28)13-18(2)27(17)41-10-11-42-30(36)20-7-5-6-19(14-20)24(34)8-9-43-33(37)38/h5-7,12-16H,8-11H2,1-4H3,(H,31,32,35). The van der Waals surface area contributed by atoms with Gasteiger partial charge in [-0.15, -0.1) is 10.1 Å². The maximum Gasteiger partial charge on any atom is 0.338 e. The molecule has 1 aromatic heterocycles. The van der Waals surface area contributed by atoms with Crippen LogP contribution < -0.4 is 19.8 Å². The lowest BCUT2D eigenvalue weighted by Crippen LogP contribution is -2.14. The Kier molecular flexibility index (Phi) is 9.55. The summed E-state index contributed by atoms with van der Waals surface area (Å²) >= 11 is 0. The highest BCUT2D eigenvalue weighted by Crippen LogP contribution is 2.31. The maximum absolute atomic E-state index is 12.9. The monoisotopic (exact) mass is 591 g/mol. The Labute approximate surface area is 245 Å². The van der Waals surface area contributed by atoms with E-state index in [1.807, 2.05) is 26.0 Å². The molecule has 4 aromatic rings. The fourth-order valence-corrected chi connectivity index (χ4v) is 4.48. The molecular weight excluding hydrogens is 562 g/mol. The molecule has 0 saturated heterocycles. The molecule has 0 fully saturated rings. The van der Waals surface area contributed by atoms with Crippen LogP contribution in [0.3, 0.4) is 0 Å². The van der Waals surface area contributed by atoms with Gasteiger partial charge in [0.2, 0.25) is 0 Å². The van der Waals surface area contributed by atoms with Crippen LogP contribution in [-0.2, 0) is 9.57 Å². The molecule has 4 rings (SSSR count). The SMILES string of the molecule is COc1cc(OC)c2c(=O)[nH]c(-c3cc(C)c(OCCOC(=O)c4cccc(C(=O)CCO[N+](=O)[O-])c4)c(C)c3)nc2c1. The van der Waals surface area contributed by atoms with E-state index in [9.17, 15) is 24.5 Å². The number of aromatic amines is 1. The number of aromatic nitrogens is 2. The number of nitrogens with zero attached hydrogens (tertiary/aromatic N) is 2. The van der Waals surface area contributed by atoms with Crippen LogP contribution in [0.2, 0.25) is 0 Å². The van der Waals surface area contributed by atoms with E-state index in [1.165, 1.54) is 38.5 Å². The molecule has 0 aliphatic carbocycles. The van der Waals surface area contributed by atoms with E-state index in [-0.39, 0.29) is 42.9 Å². The number of Topliss-reactive ketones (excluding diaryl/α,β-unsaturated/α-hetero) is 1. The second kappa shape index (κ2) is 13.5. The molecular formula is C30H29N3O10. The predicted molar refractivity (Wildman–Crippen MR) is 154 cm³/mol. The van der Waals surface area contributed by atoms with Crippen molar-refractivity contribution in [2.75, 3.05) is 34.0 Å². The third-order valence-electron chi connectivity index (χ3n) is 6.44. The molecule has 1 heterocycles. The first-order valence-electron chi connectivity index (χ1n) is 13.1. The van der Waals surface area contributed by atoms with Crippen LogP contribution in [0.4, 0.5) is 0 Å². The molecule has 43 heavy (non-hydrogen) atoms. The average Bonchev–Trinajstić information content (AvgIpc) is 2.99. The van der Waals surface area contributed by atoms with Gasteiger partial charge in [0.05, 0.1) is 25.3 Å². The first-order valence-corrected chi connectivity index (χ1v) is 13.1. The quantitative estimate of drug-likeness (QED) is 0.0776. The lowest BCUT2D eigenvalue weighted by atomic mass is 10.0. The number of rotatable bonds is 13. The van der Waals surface area contributed by atoms with Crippen LogP contribution in [0.5, 0.6) is 17.2 Å². The number of carbonyl (C=O) groups is 2. The number of esters is 1. The average molecular weight is 592 g/mol. The summed E-state index contributed by atoms with van der Waals surface area (Å²) in [5.41, 5.74) is 2.67. The van der Waals surface area contributed by atoms with Crippen molar-refractivity contribution in [1.29, 1.82) is 0 Å². The number of benzene rings is 3. The molecule has 0 atom stereocenters. The van der Waals surface area contributed by atoms with Gasteiger partial charge in [0.1, 0.15) is 48.3 Å². The molecule has 0 bridgehead atoms. The lowest BCUT2D eigenvalue weighted by molar-refractivity contribution is -0.757. The maximum atomic E-state index is 12.9. The molecule has 13 nitrogen and oxygen atoms in total. The Morgan fingerprint density at radius 3 is 2.35 bits per heavy atom. The van der Waals surface area contributed by atoms with E-state index in [1.54, 1.807) is 12.1 Å². The molecule has 3 aromatic carbocycles. The first kappa shape index (κ1) is 30.5. The third kappa shape index (κ3) is 7.25. The van der Waals surface area contributed by atoms with Crippen molar-refractivity contribution in [3.05, 3.63) is 91.3 Å². The lowest BCUT2D eigenvalue weighted by Gasteiger charge is -2.15. The summed E-state index contributed by atoms with van der Waals surface area (Å²) in [5.74, 6) is 0.765. The highest BCUT2D eigenvalue weighted by molar-refractivity contribution is 5.99. The van der Waals surface area contributed by atoms with Crippen molar-refractivity contribution in [3.8, 4) is 28.6 Å². The Morgan fingerprint density at radius 2 is 1.67 bits per heavy atom. The van der Waals surface area contributed by atoms with Gasteiger partial charge in [0.25, 0.3) is 10.6 Å². The summed E-state index contributed by atoms with van der Waals surface area (Å²) in [7, 11) is 2.99. The number of H-pyrrole nitrogens is 1. The third-order valence-corrected chi connectivity index (χ3v) is 6.44. The van der Waals surface area contributed by atoms with E-state index in [0.717, 1.165) is 11.1 Å². The highest BCUT2D eigenvalue weighted by Gasteiger charge is 2.16. The summed E-state index contributed by atoms with van der Waals surface area (Å²) in [4.78, 5) is 59.5. The van der Waals surface area contributed by atoms with Gasteiger partial charge < -0.3 is 28.8 Å². The van der Waals surface area contributed by atoms with Crippen LogP contribution in [0, 0.1) is 24.0 Å². The van der Waals surface area contributed by atoms with Crippen molar-refractivity contribution >= 4 is 22.7 Å². The molecule has 0 spiro atoms. The zero-order valence-corrected chi connectivity index (χ0v) is 23.9. The molecule has 0 aliphatic heterocycles. The van der Waals surface area contributed by atoms with E-state index < -0.39 is 16.8 Å². The van der Waals surface area contributed by atoms with Gasteiger partial charge >= 0.3 is 5.97 Å². The number of hydrogen-bond donors (Lipinski definition) is 1. The number of hydrogen-bond acceptors (Lipinski definition) is 11. The number of ether oxygens (including phenoxy) is 4.